The van der Waals surface area contributed by atoms with Gasteiger partial charge in [-0.2, -0.15) is 0 Å². The van der Waals surface area contributed by atoms with Crippen molar-refractivity contribution in [3.05, 3.63) is 60.8 Å². The van der Waals surface area contributed by atoms with Crippen molar-refractivity contribution in [2.24, 2.45) is 0 Å². The Morgan fingerprint density at radius 2 is 0.983 bits per heavy atom. The minimum absolute atomic E-state index is 0.0249. The van der Waals surface area contributed by atoms with Crippen molar-refractivity contribution in [1.82, 2.24) is 0 Å². The summed E-state index contributed by atoms with van der Waals surface area (Å²) >= 11 is 0. The quantitative estimate of drug-likeness (QED) is 0.0213. The number of hydrogen-bond donors (Lipinski definition) is 1. The highest BCUT2D eigenvalue weighted by Gasteiger charge is 2.27. The maximum Gasteiger partial charge on any atom is 0.472 e. The summed E-state index contributed by atoms with van der Waals surface area (Å²) in [5.41, 5.74) is 0. The molecule has 0 aliphatic heterocycles. The summed E-state index contributed by atoms with van der Waals surface area (Å²) in [6, 6.07) is 0. The van der Waals surface area contributed by atoms with Crippen molar-refractivity contribution in [1.29, 1.82) is 0 Å². The van der Waals surface area contributed by atoms with E-state index in [1.54, 1.807) is 0 Å². The van der Waals surface area contributed by atoms with Crippen LogP contribution in [-0.4, -0.2) is 74.9 Å². The van der Waals surface area contributed by atoms with Crippen LogP contribution in [0.2, 0.25) is 0 Å². The van der Waals surface area contributed by atoms with Crippen LogP contribution in [0.3, 0.4) is 0 Å². The number of carbonyl (C=O) groups is 2. The summed E-state index contributed by atoms with van der Waals surface area (Å²) in [6.07, 6.45) is 48.3. The van der Waals surface area contributed by atoms with E-state index < -0.39 is 26.5 Å². The lowest BCUT2D eigenvalue weighted by atomic mass is 10.1. The summed E-state index contributed by atoms with van der Waals surface area (Å²) in [5.74, 6) is -0.825. The molecule has 0 amide bonds. The molecule has 0 saturated carbocycles. The van der Waals surface area contributed by atoms with Crippen LogP contribution in [-0.2, 0) is 32.7 Å². The second-order valence-corrected chi connectivity index (χ2v) is 17.9. The molecule has 0 aliphatic carbocycles. The largest absolute Gasteiger partial charge is 0.472 e. The summed E-state index contributed by atoms with van der Waals surface area (Å²) in [5, 5.41) is 0. The number of quaternary nitrogens is 1. The molecule has 0 aromatic carbocycles. The van der Waals surface area contributed by atoms with E-state index in [0.29, 0.717) is 17.4 Å². The number of likely N-dealkylation sites (N-methyl/N-ethyl adjacent to an activating group) is 1. The van der Waals surface area contributed by atoms with Crippen molar-refractivity contribution in [2.75, 3.05) is 47.5 Å². The minimum atomic E-state index is -4.38. The van der Waals surface area contributed by atoms with Crippen molar-refractivity contribution in [2.45, 2.75) is 187 Å². The first-order valence-corrected chi connectivity index (χ1v) is 24.5. The highest BCUT2D eigenvalue weighted by atomic mass is 31.2. The van der Waals surface area contributed by atoms with E-state index in [0.717, 1.165) is 77.0 Å². The fourth-order valence-electron chi connectivity index (χ4n) is 5.94. The number of esters is 2. The van der Waals surface area contributed by atoms with Crippen LogP contribution in [0.1, 0.15) is 181 Å². The summed E-state index contributed by atoms with van der Waals surface area (Å²) in [4.78, 5) is 35.4. The molecule has 0 aliphatic rings. The van der Waals surface area contributed by atoms with Crippen molar-refractivity contribution in [3.63, 3.8) is 0 Å². The third-order valence-corrected chi connectivity index (χ3v) is 10.5. The van der Waals surface area contributed by atoms with Gasteiger partial charge < -0.3 is 18.9 Å². The molecule has 0 saturated heterocycles. The highest BCUT2D eigenvalue weighted by molar-refractivity contribution is 7.47. The number of rotatable bonds is 41. The number of carbonyl (C=O) groups excluding carboxylic acids is 2. The number of nitrogens with zero attached hydrogens (tertiary/aromatic N) is 1. The van der Waals surface area contributed by atoms with Gasteiger partial charge in [-0.3, -0.25) is 18.6 Å². The molecule has 2 atom stereocenters. The van der Waals surface area contributed by atoms with Crippen LogP contribution >= 0.6 is 7.82 Å². The van der Waals surface area contributed by atoms with Gasteiger partial charge >= 0.3 is 19.8 Å². The molecule has 0 spiro atoms. The van der Waals surface area contributed by atoms with Gasteiger partial charge in [0.1, 0.15) is 19.8 Å². The molecular weight excluding hydrogens is 750 g/mol. The zero-order valence-electron chi connectivity index (χ0n) is 37.8. The van der Waals surface area contributed by atoms with E-state index >= 15 is 0 Å². The Morgan fingerprint density at radius 1 is 0.552 bits per heavy atom. The number of unbranched alkanes of at least 4 members (excludes halogenated alkanes) is 17. The van der Waals surface area contributed by atoms with Crippen LogP contribution in [0.5, 0.6) is 0 Å². The van der Waals surface area contributed by atoms with Gasteiger partial charge in [0.05, 0.1) is 27.7 Å². The Hall–Kier alpha value is -2.29. The van der Waals surface area contributed by atoms with Gasteiger partial charge in [-0.15, -0.1) is 0 Å². The molecule has 1 N–H and O–H groups in total. The topological polar surface area (TPSA) is 108 Å². The lowest BCUT2D eigenvalue weighted by Gasteiger charge is -2.24. The van der Waals surface area contributed by atoms with Crippen LogP contribution in [0.4, 0.5) is 0 Å². The molecule has 0 bridgehead atoms. The van der Waals surface area contributed by atoms with Gasteiger partial charge in [-0.1, -0.05) is 152 Å². The first kappa shape index (κ1) is 55.7. The van der Waals surface area contributed by atoms with E-state index in [4.69, 9.17) is 18.5 Å². The predicted molar refractivity (Wildman–Crippen MR) is 243 cm³/mol. The van der Waals surface area contributed by atoms with Crippen molar-refractivity contribution >= 4 is 19.8 Å². The molecule has 58 heavy (non-hydrogen) atoms. The van der Waals surface area contributed by atoms with Crippen LogP contribution < -0.4 is 0 Å². The summed E-state index contributed by atoms with van der Waals surface area (Å²) in [6.45, 7) is 4.26. The molecule has 0 aromatic rings. The maximum absolute atomic E-state index is 12.7. The Labute approximate surface area is 356 Å². The Kier molecular flexibility index (Phi) is 38.5. The highest BCUT2D eigenvalue weighted by Crippen LogP contribution is 2.43. The molecular formula is C48H87NO8P+. The fourth-order valence-corrected chi connectivity index (χ4v) is 6.68. The Morgan fingerprint density at radius 3 is 1.47 bits per heavy atom. The third kappa shape index (κ3) is 43.3. The first-order chi connectivity index (χ1) is 28.0. The lowest BCUT2D eigenvalue weighted by molar-refractivity contribution is -0.870. The molecule has 0 heterocycles. The van der Waals surface area contributed by atoms with Crippen LogP contribution in [0, 0.1) is 0 Å². The zero-order chi connectivity index (χ0) is 42.8. The maximum atomic E-state index is 12.7. The van der Waals surface area contributed by atoms with Crippen LogP contribution in [0.15, 0.2) is 60.8 Å². The number of phosphoric acid groups is 1. The zero-order valence-corrected chi connectivity index (χ0v) is 38.7. The molecule has 0 rings (SSSR count). The van der Waals surface area contributed by atoms with Crippen molar-refractivity contribution in [3.8, 4) is 0 Å². The summed E-state index contributed by atoms with van der Waals surface area (Å²) in [7, 11) is 1.45. The molecule has 10 heteroatoms. The molecule has 0 aromatic heterocycles. The summed E-state index contributed by atoms with van der Waals surface area (Å²) < 4.78 is 34.3. The number of allylic oxidation sites excluding steroid dienone is 10. The van der Waals surface area contributed by atoms with Gasteiger partial charge in [-0.25, -0.2) is 4.57 Å². The van der Waals surface area contributed by atoms with E-state index in [-0.39, 0.29) is 32.0 Å². The predicted octanol–water partition coefficient (Wildman–Crippen LogP) is 13.2. The third-order valence-electron chi connectivity index (χ3n) is 9.53. The van der Waals surface area contributed by atoms with Gasteiger partial charge in [0.15, 0.2) is 6.10 Å². The van der Waals surface area contributed by atoms with E-state index in [1.165, 1.54) is 70.6 Å². The second-order valence-electron chi connectivity index (χ2n) is 16.4. The smallest absolute Gasteiger partial charge is 0.462 e. The molecule has 336 valence electrons. The number of ether oxygens (including phenoxy) is 2. The lowest BCUT2D eigenvalue weighted by Crippen LogP contribution is -2.37. The van der Waals surface area contributed by atoms with E-state index in [1.807, 2.05) is 21.1 Å². The molecule has 9 nitrogen and oxygen atoms in total. The monoisotopic (exact) mass is 837 g/mol. The number of hydrogen-bond acceptors (Lipinski definition) is 7. The number of phosphoric ester groups is 1. The molecule has 0 radical (unpaired) electrons. The average molecular weight is 837 g/mol. The van der Waals surface area contributed by atoms with Gasteiger partial charge in [0.25, 0.3) is 0 Å². The van der Waals surface area contributed by atoms with Gasteiger partial charge in [-0.05, 0) is 77.0 Å². The van der Waals surface area contributed by atoms with Gasteiger partial charge in [0.2, 0.25) is 0 Å². The standard InChI is InChI=1S/C48H86NO8P/c1-6-8-10-12-14-16-18-20-22-23-24-25-27-28-30-32-34-36-38-40-47(50)54-44-46(45-56-58(52,53)55-43-42-49(3,4)5)57-48(51)41-39-37-35-33-31-29-26-21-19-17-15-13-11-9-7-2/h9,11,14-17,20-22,26,46H,6-8,10,12-13,18-19,23-25,27-45H2,1-5H3/p+1/b11-9+,16-14+,17-15+,22-20+,26-21+/t46-/m1/s1. The fraction of sp³-hybridized carbons (Fsp3) is 0.750. The normalized spacial score (nSPS) is 14.1. The van der Waals surface area contributed by atoms with E-state index in [9.17, 15) is 19.0 Å². The van der Waals surface area contributed by atoms with Crippen LogP contribution in [0.25, 0.3) is 0 Å². The first-order valence-electron chi connectivity index (χ1n) is 23.0. The van der Waals surface area contributed by atoms with Crippen molar-refractivity contribution < 1.29 is 42.1 Å². The van der Waals surface area contributed by atoms with Gasteiger partial charge in [0, 0.05) is 12.8 Å². The van der Waals surface area contributed by atoms with E-state index in [2.05, 4.69) is 74.6 Å². The average Bonchev–Trinajstić information content (AvgIpc) is 3.17. The SMILES string of the molecule is CC/C=C/C/C=C/C/C=C/CCCCCCCC(=O)O[C@H](COC(=O)CCCCCCCCCCC/C=C/C/C=C/CCCCC)COP(=O)(O)OCC[N+](C)(C)C. The second kappa shape index (κ2) is 40.1. The Bertz CT molecular complexity index is 1170. The molecule has 0 fully saturated rings. The minimum Gasteiger partial charge on any atom is -0.462 e. The Balaban J connectivity index is 4.34. The molecule has 1 unspecified atom stereocenters.